The quantitative estimate of drug-likeness (QED) is 0.466. The summed E-state index contributed by atoms with van der Waals surface area (Å²) in [6.45, 7) is 2.70. The molecule has 0 heterocycles. The maximum Gasteiger partial charge on any atom is 0.281 e. The molecule has 0 amide bonds. The van der Waals surface area contributed by atoms with Gasteiger partial charge in [0.1, 0.15) is 5.37 Å². The van der Waals surface area contributed by atoms with Crippen LogP contribution in [-0.2, 0) is 14.9 Å². The molecule has 0 aliphatic carbocycles. The second kappa shape index (κ2) is 6.31. The summed E-state index contributed by atoms with van der Waals surface area (Å²) >= 11 is 0. The van der Waals surface area contributed by atoms with Gasteiger partial charge < -0.3 is 4.74 Å². The van der Waals surface area contributed by atoms with Crippen molar-refractivity contribution in [2.75, 3.05) is 20.3 Å². The summed E-state index contributed by atoms with van der Waals surface area (Å²) in [7, 11) is -2.44. The maximum absolute atomic E-state index is 10.8. The fourth-order valence-electron chi connectivity index (χ4n) is 0.940. The Kier molecular flexibility index (Phi) is 6.23. The Morgan fingerprint density at radius 3 is 2.54 bits per heavy atom. The predicted octanol–water partition coefficient (Wildman–Crippen LogP) is 0.236. The van der Waals surface area contributed by atoms with Crippen LogP contribution >= 0.6 is 0 Å². The summed E-state index contributed by atoms with van der Waals surface area (Å²) in [5.74, 6) is 0. The first-order chi connectivity index (χ1) is 6.02. The summed E-state index contributed by atoms with van der Waals surface area (Å²) in [5.41, 5.74) is 0. The van der Waals surface area contributed by atoms with E-state index in [4.69, 9.17) is 9.29 Å². The van der Waals surface area contributed by atoms with Crippen molar-refractivity contribution in [3.63, 3.8) is 0 Å². The molecule has 0 fully saturated rings. The Labute approximate surface area is 79.2 Å². The van der Waals surface area contributed by atoms with Crippen LogP contribution in [0.25, 0.3) is 0 Å². The minimum absolute atomic E-state index is 0.405. The molecule has 0 aliphatic heterocycles. The van der Waals surface area contributed by atoms with Crippen molar-refractivity contribution in [3.8, 4) is 0 Å². The minimum atomic E-state index is -3.97. The zero-order valence-electron chi connectivity index (χ0n) is 7.99. The van der Waals surface area contributed by atoms with E-state index in [1.54, 1.807) is 0 Å². The second-order valence-corrected chi connectivity index (χ2v) is 4.34. The third-order valence-corrected chi connectivity index (χ3v) is 2.71. The number of nitrogens with one attached hydrogen (secondary N) is 1. The summed E-state index contributed by atoms with van der Waals surface area (Å²) < 4.78 is 35.1. The topological polar surface area (TPSA) is 75.6 Å². The molecule has 0 aromatic rings. The molecule has 5 nitrogen and oxygen atoms in total. The van der Waals surface area contributed by atoms with Crippen LogP contribution in [0, 0.1) is 0 Å². The van der Waals surface area contributed by atoms with Crippen LogP contribution in [-0.4, -0.2) is 38.6 Å². The van der Waals surface area contributed by atoms with Crippen molar-refractivity contribution >= 4 is 10.1 Å². The van der Waals surface area contributed by atoms with Crippen LogP contribution < -0.4 is 5.32 Å². The monoisotopic (exact) mass is 211 g/mol. The summed E-state index contributed by atoms with van der Waals surface area (Å²) in [5, 5.41) is 1.83. The van der Waals surface area contributed by atoms with E-state index in [0.717, 1.165) is 0 Å². The first kappa shape index (κ1) is 12.8. The maximum atomic E-state index is 10.8. The molecule has 1 unspecified atom stereocenters. The van der Waals surface area contributed by atoms with Gasteiger partial charge in [0.05, 0.1) is 6.61 Å². The van der Waals surface area contributed by atoms with E-state index in [0.29, 0.717) is 26.0 Å². The molecule has 0 saturated heterocycles. The normalized spacial score (nSPS) is 14.4. The molecular formula is C7H17NO4S. The van der Waals surface area contributed by atoms with Crippen LogP contribution in [0.3, 0.4) is 0 Å². The first-order valence-corrected chi connectivity index (χ1v) is 5.71. The largest absolute Gasteiger partial charge is 0.383 e. The smallest absolute Gasteiger partial charge is 0.281 e. The molecule has 0 rings (SSSR count). The molecule has 0 spiro atoms. The molecule has 0 radical (unpaired) electrons. The van der Waals surface area contributed by atoms with Crippen LogP contribution in [0.1, 0.15) is 19.8 Å². The van der Waals surface area contributed by atoms with Gasteiger partial charge in [0.2, 0.25) is 0 Å². The van der Waals surface area contributed by atoms with Crippen molar-refractivity contribution in [1.82, 2.24) is 5.32 Å². The molecule has 0 bridgehead atoms. The molecule has 13 heavy (non-hydrogen) atoms. The van der Waals surface area contributed by atoms with Gasteiger partial charge in [-0.1, -0.05) is 13.3 Å². The number of rotatable bonds is 7. The predicted molar refractivity (Wildman–Crippen MR) is 50.1 cm³/mol. The van der Waals surface area contributed by atoms with Crippen molar-refractivity contribution in [3.05, 3.63) is 0 Å². The SMILES string of the molecule is CCCC(NCCOC)S(=O)(=O)O. The number of hydrogen-bond acceptors (Lipinski definition) is 4. The van der Waals surface area contributed by atoms with Crippen molar-refractivity contribution in [1.29, 1.82) is 0 Å². The van der Waals surface area contributed by atoms with E-state index >= 15 is 0 Å². The average Bonchev–Trinajstić information content (AvgIpc) is 2.01. The second-order valence-electron chi connectivity index (χ2n) is 2.74. The molecule has 0 aromatic carbocycles. The highest BCUT2D eigenvalue weighted by Crippen LogP contribution is 2.02. The number of ether oxygens (including phenoxy) is 1. The third kappa shape index (κ3) is 5.98. The third-order valence-electron chi connectivity index (χ3n) is 1.59. The zero-order valence-corrected chi connectivity index (χ0v) is 8.80. The lowest BCUT2D eigenvalue weighted by molar-refractivity contribution is 0.197. The van der Waals surface area contributed by atoms with E-state index in [1.165, 1.54) is 7.11 Å². The Hall–Kier alpha value is -0.170. The van der Waals surface area contributed by atoms with Gasteiger partial charge in [-0.3, -0.25) is 9.87 Å². The Morgan fingerprint density at radius 2 is 2.15 bits per heavy atom. The minimum Gasteiger partial charge on any atom is -0.383 e. The lowest BCUT2D eigenvalue weighted by Crippen LogP contribution is -2.38. The van der Waals surface area contributed by atoms with E-state index in [2.05, 4.69) is 5.32 Å². The molecule has 0 aromatic heterocycles. The molecule has 1 atom stereocenters. The molecule has 80 valence electrons. The summed E-state index contributed by atoms with van der Waals surface area (Å²) in [6.07, 6.45) is 1.10. The van der Waals surface area contributed by atoms with Crippen LogP contribution in [0.4, 0.5) is 0 Å². The molecule has 0 aliphatic rings. The Bertz CT molecular complexity index is 215. The highest BCUT2D eigenvalue weighted by Gasteiger charge is 2.20. The number of hydrogen-bond donors (Lipinski definition) is 2. The van der Waals surface area contributed by atoms with E-state index in [9.17, 15) is 8.42 Å². The van der Waals surface area contributed by atoms with Gasteiger partial charge in [-0.25, -0.2) is 0 Å². The van der Waals surface area contributed by atoms with Crippen LogP contribution in [0.15, 0.2) is 0 Å². The van der Waals surface area contributed by atoms with Crippen LogP contribution in [0.2, 0.25) is 0 Å². The van der Waals surface area contributed by atoms with Gasteiger partial charge in [0.25, 0.3) is 10.1 Å². The molecule has 6 heteroatoms. The first-order valence-electron chi connectivity index (χ1n) is 4.21. The van der Waals surface area contributed by atoms with Crippen LogP contribution in [0.5, 0.6) is 0 Å². The van der Waals surface area contributed by atoms with Gasteiger partial charge in [0, 0.05) is 13.7 Å². The molecular weight excluding hydrogens is 194 g/mol. The van der Waals surface area contributed by atoms with Gasteiger partial charge in [-0.05, 0) is 6.42 Å². The lowest BCUT2D eigenvalue weighted by Gasteiger charge is -2.14. The van der Waals surface area contributed by atoms with E-state index in [-0.39, 0.29) is 0 Å². The standard InChI is InChI=1S/C7H17NO4S/c1-3-4-7(13(9,10)11)8-5-6-12-2/h7-8H,3-6H2,1-2H3,(H,9,10,11). The Morgan fingerprint density at radius 1 is 1.54 bits per heavy atom. The van der Waals surface area contributed by atoms with Crippen molar-refractivity contribution < 1.29 is 17.7 Å². The van der Waals surface area contributed by atoms with Gasteiger partial charge in [-0.2, -0.15) is 8.42 Å². The van der Waals surface area contributed by atoms with Crippen molar-refractivity contribution in [2.24, 2.45) is 0 Å². The highest BCUT2D eigenvalue weighted by atomic mass is 32.2. The summed E-state index contributed by atoms with van der Waals surface area (Å²) in [6, 6.07) is 0. The molecule has 0 saturated carbocycles. The zero-order chi connectivity index (χ0) is 10.3. The van der Waals surface area contributed by atoms with Gasteiger partial charge in [0.15, 0.2) is 0 Å². The Balaban J connectivity index is 3.96. The van der Waals surface area contributed by atoms with Crippen molar-refractivity contribution in [2.45, 2.75) is 25.1 Å². The van der Waals surface area contributed by atoms with E-state index < -0.39 is 15.5 Å². The molecule has 2 N–H and O–H groups in total. The van der Waals surface area contributed by atoms with Gasteiger partial charge >= 0.3 is 0 Å². The highest BCUT2D eigenvalue weighted by molar-refractivity contribution is 7.86. The number of methoxy groups -OCH3 is 1. The lowest BCUT2D eigenvalue weighted by atomic mass is 10.3. The fraction of sp³-hybridized carbons (Fsp3) is 1.00. The average molecular weight is 211 g/mol. The van der Waals surface area contributed by atoms with E-state index in [1.807, 2.05) is 6.92 Å². The fourth-order valence-corrected chi connectivity index (χ4v) is 1.80. The summed E-state index contributed by atoms with van der Waals surface area (Å²) in [4.78, 5) is 0. The van der Waals surface area contributed by atoms with Gasteiger partial charge in [-0.15, -0.1) is 0 Å².